The number of nitrogens with two attached hydrogens (primary N) is 1. The van der Waals surface area contributed by atoms with E-state index < -0.39 is 32.2 Å². The van der Waals surface area contributed by atoms with Gasteiger partial charge in [0.25, 0.3) is 0 Å². The van der Waals surface area contributed by atoms with Gasteiger partial charge in [-0.05, 0) is 30.9 Å². The van der Waals surface area contributed by atoms with Gasteiger partial charge in [0.1, 0.15) is 16.4 Å². The first-order chi connectivity index (χ1) is 9.37. The Morgan fingerprint density at radius 2 is 2.10 bits per heavy atom. The first kappa shape index (κ1) is 15.2. The van der Waals surface area contributed by atoms with Gasteiger partial charge in [-0.1, -0.05) is 13.3 Å². The van der Waals surface area contributed by atoms with Crippen LogP contribution in [0.25, 0.3) is 0 Å². The van der Waals surface area contributed by atoms with E-state index in [-0.39, 0.29) is 0 Å². The number of benzene rings is 1. The third-order valence-electron chi connectivity index (χ3n) is 3.65. The highest BCUT2D eigenvalue weighted by molar-refractivity contribution is 7.89. The predicted molar refractivity (Wildman–Crippen MR) is 72.5 cm³/mol. The molecule has 1 aliphatic rings. The molecular formula is C13H18F2N2O2S. The molecule has 4 nitrogen and oxygen atoms in total. The number of hydrogen-bond acceptors (Lipinski definition) is 3. The van der Waals surface area contributed by atoms with E-state index in [1.165, 1.54) is 4.31 Å². The largest absolute Gasteiger partial charge is 0.394 e. The lowest BCUT2D eigenvalue weighted by atomic mass is 10.0. The molecule has 0 amide bonds. The lowest BCUT2D eigenvalue weighted by Gasteiger charge is -2.17. The zero-order chi connectivity index (χ0) is 14.9. The highest BCUT2D eigenvalue weighted by atomic mass is 32.2. The molecule has 0 spiro atoms. The van der Waals surface area contributed by atoms with Crippen molar-refractivity contribution in [3.8, 4) is 0 Å². The number of sulfonamides is 1. The lowest BCUT2D eigenvalue weighted by molar-refractivity contribution is 0.440. The van der Waals surface area contributed by atoms with E-state index in [9.17, 15) is 17.2 Å². The molecule has 20 heavy (non-hydrogen) atoms. The van der Waals surface area contributed by atoms with Crippen molar-refractivity contribution in [1.29, 1.82) is 0 Å². The van der Waals surface area contributed by atoms with Crippen molar-refractivity contribution in [3.05, 3.63) is 23.8 Å². The van der Waals surface area contributed by atoms with Crippen LogP contribution in [0, 0.1) is 17.6 Å². The van der Waals surface area contributed by atoms with Crippen molar-refractivity contribution in [2.75, 3.05) is 18.8 Å². The standard InChI is InChI=1S/C13H18F2N2O2S/c1-2-3-9-6-7-17(8-9)20(18,19)11-5-4-10(14)13(16)12(11)15/h4-5,9H,2-3,6-8,16H2,1H3. The molecule has 1 aromatic carbocycles. The predicted octanol–water partition coefficient (Wildman–Crippen LogP) is 2.36. The minimum Gasteiger partial charge on any atom is -0.394 e. The number of anilines is 1. The molecule has 2 rings (SSSR count). The Morgan fingerprint density at radius 1 is 1.40 bits per heavy atom. The van der Waals surface area contributed by atoms with Crippen molar-refractivity contribution >= 4 is 15.7 Å². The fraction of sp³-hybridized carbons (Fsp3) is 0.538. The number of halogens is 2. The van der Waals surface area contributed by atoms with Gasteiger partial charge in [-0.25, -0.2) is 17.2 Å². The first-order valence-corrected chi connectivity index (χ1v) is 8.05. The van der Waals surface area contributed by atoms with Crippen LogP contribution >= 0.6 is 0 Å². The highest BCUT2D eigenvalue weighted by Crippen LogP contribution is 2.30. The summed E-state index contributed by atoms with van der Waals surface area (Å²) in [5.74, 6) is -1.86. The van der Waals surface area contributed by atoms with Gasteiger partial charge in [-0.2, -0.15) is 4.31 Å². The van der Waals surface area contributed by atoms with Gasteiger partial charge in [-0.3, -0.25) is 0 Å². The normalized spacial score (nSPS) is 20.4. The number of nitrogens with zero attached hydrogens (tertiary/aromatic N) is 1. The molecule has 2 N–H and O–H groups in total. The van der Waals surface area contributed by atoms with E-state index in [2.05, 4.69) is 0 Å². The number of nitrogen functional groups attached to an aromatic ring is 1. The molecule has 0 radical (unpaired) electrons. The molecule has 1 fully saturated rings. The molecule has 7 heteroatoms. The summed E-state index contributed by atoms with van der Waals surface area (Å²) in [5, 5.41) is 0. The third-order valence-corrected chi connectivity index (χ3v) is 5.54. The maximum Gasteiger partial charge on any atom is 0.246 e. The number of rotatable bonds is 4. The molecule has 1 aliphatic heterocycles. The van der Waals surface area contributed by atoms with Crippen molar-refractivity contribution in [3.63, 3.8) is 0 Å². The van der Waals surface area contributed by atoms with Gasteiger partial charge >= 0.3 is 0 Å². The van der Waals surface area contributed by atoms with Crippen molar-refractivity contribution in [1.82, 2.24) is 4.31 Å². The SMILES string of the molecule is CCCC1CCN(S(=O)(=O)c2ccc(F)c(N)c2F)C1. The van der Waals surface area contributed by atoms with Crippen LogP contribution in [-0.4, -0.2) is 25.8 Å². The average molecular weight is 304 g/mol. The summed E-state index contributed by atoms with van der Waals surface area (Å²) in [6, 6.07) is 1.81. The van der Waals surface area contributed by atoms with Crippen molar-refractivity contribution in [2.45, 2.75) is 31.1 Å². The van der Waals surface area contributed by atoms with E-state index in [1.54, 1.807) is 0 Å². The van der Waals surface area contributed by atoms with Crippen LogP contribution in [0.3, 0.4) is 0 Å². The third kappa shape index (κ3) is 2.64. The molecule has 0 saturated carbocycles. The smallest absolute Gasteiger partial charge is 0.246 e. The Labute approximate surface area is 117 Å². The van der Waals surface area contributed by atoms with Crippen LogP contribution < -0.4 is 5.73 Å². The summed E-state index contributed by atoms with van der Waals surface area (Å²) in [7, 11) is -3.95. The van der Waals surface area contributed by atoms with Gasteiger partial charge in [0.2, 0.25) is 10.0 Å². The molecule has 1 atom stereocenters. The second-order valence-corrected chi connectivity index (χ2v) is 6.99. The Kier molecular flexibility index (Phi) is 4.29. The molecule has 0 aliphatic carbocycles. The van der Waals surface area contributed by atoms with Gasteiger partial charge < -0.3 is 5.73 Å². The zero-order valence-corrected chi connectivity index (χ0v) is 12.1. The molecular weight excluding hydrogens is 286 g/mol. The van der Waals surface area contributed by atoms with Crippen LogP contribution in [0.4, 0.5) is 14.5 Å². The van der Waals surface area contributed by atoms with Crippen LogP contribution in [0.1, 0.15) is 26.2 Å². The molecule has 112 valence electrons. The van der Waals surface area contributed by atoms with Crippen molar-refractivity contribution < 1.29 is 17.2 Å². The summed E-state index contributed by atoms with van der Waals surface area (Å²) < 4.78 is 53.0. The minimum absolute atomic E-state index is 0.302. The van der Waals surface area contributed by atoms with E-state index >= 15 is 0 Å². The molecule has 1 heterocycles. The summed E-state index contributed by atoms with van der Waals surface area (Å²) in [5.41, 5.74) is 4.47. The van der Waals surface area contributed by atoms with Gasteiger partial charge in [0.15, 0.2) is 5.82 Å². The quantitative estimate of drug-likeness (QED) is 0.869. The summed E-state index contributed by atoms with van der Waals surface area (Å²) >= 11 is 0. The molecule has 0 bridgehead atoms. The Bertz CT molecular complexity index is 605. The summed E-state index contributed by atoms with van der Waals surface area (Å²) in [6.07, 6.45) is 2.70. The van der Waals surface area contributed by atoms with Crippen LogP contribution in [0.2, 0.25) is 0 Å². The van der Waals surface area contributed by atoms with Gasteiger partial charge in [0, 0.05) is 13.1 Å². The second-order valence-electron chi connectivity index (χ2n) is 5.08. The second kappa shape index (κ2) is 5.65. The molecule has 1 aromatic rings. The molecule has 0 aromatic heterocycles. The van der Waals surface area contributed by atoms with Crippen molar-refractivity contribution in [2.24, 2.45) is 5.92 Å². The fourth-order valence-corrected chi connectivity index (χ4v) is 4.15. The number of hydrogen-bond donors (Lipinski definition) is 1. The maximum absolute atomic E-state index is 13.9. The van der Waals surface area contributed by atoms with Gasteiger partial charge in [0.05, 0.1) is 0 Å². The van der Waals surface area contributed by atoms with E-state index in [0.717, 1.165) is 31.4 Å². The Balaban J connectivity index is 2.30. The first-order valence-electron chi connectivity index (χ1n) is 6.61. The van der Waals surface area contributed by atoms with E-state index in [4.69, 9.17) is 5.73 Å². The topological polar surface area (TPSA) is 63.4 Å². The van der Waals surface area contributed by atoms with Crippen LogP contribution in [-0.2, 0) is 10.0 Å². The van der Waals surface area contributed by atoms with Crippen LogP contribution in [0.5, 0.6) is 0 Å². The lowest BCUT2D eigenvalue weighted by Crippen LogP contribution is -2.29. The highest BCUT2D eigenvalue weighted by Gasteiger charge is 2.34. The van der Waals surface area contributed by atoms with Gasteiger partial charge in [-0.15, -0.1) is 0 Å². The van der Waals surface area contributed by atoms with E-state index in [1.807, 2.05) is 6.92 Å². The zero-order valence-electron chi connectivity index (χ0n) is 11.3. The average Bonchev–Trinajstić information content (AvgIpc) is 2.85. The maximum atomic E-state index is 13.9. The Morgan fingerprint density at radius 3 is 2.75 bits per heavy atom. The monoisotopic (exact) mass is 304 g/mol. The van der Waals surface area contributed by atoms with Crippen LogP contribution in [0.15, 0.2) is 17.0 Å². The Hall–Kier alpha value is -1.21. The molecule has 1 saturated heterocycles. The fourth-order valence-electron chi connectivity index (χ4n) is 2.55. The summed E-state index contributed by atoms with van der Waals surface area (Å²) in [4.78, 5) is -0.548. The van der Waals surface area contributed by atoms with E-state index in [0.29, 0.717) is 19.0 Å². The summed E-state index contributed by atoms with van der Waals surface area (Å²) in [6.45, 7) is 2.79. The minimum atomic E-state index is -3.95. The molecule has 1 unspecified atom stereocenters.